The molecule has 1 aromatic rings. The van der Waals surface area contributed by atoms with Crippen molar-refractivity contribution in [2.45, 2.75) is 18.9 Å². The lowest BCUT2D eigenvalue weighted by atomic mass is 10.2. The van der Waals surface area contributed by atoms with Gasteiger partial charge in [-0.05, 0) is 30.7 Å². The van der Waals surface area contributed by atoms with Gasteiger partial charge in [0, 0.05) is 22.5 Å². The lowest BCUT2D eigenvalue weighted by molar-refractivity contribution is -0.117. The second-order valence-electron chi connectivity index (χ2n) is 3.59. The van der Waals surface area contributed by atoms with E-state index in [1.54, 1.807) is 4.90 Å². The number of benzene rings is 1. The molecule has 1 amide bonds. The predicted molar refractivity (Wildman–Crippen MR) is 65.4 cm³/mol. The van der Waals surface area contributed by atoms with Crippen molar-refractivity contribution in [3.63, 3.8) is 0 Å². The Hall–Kier alpha value is -0.540. The first kappa shape index (κ1) is 11.0. The molecule has 0 saturated carbocycles. The van der Waals surface area contributed by atoms with Crippen LogP contribution in [-0.4, -0.2) is 17.8 Å². The van der Waals surface area contributed by atoms with Crippen molar-refractivity contribution in [1.29, 1.82) is 0 Å². The van der Waals surface area contributed by atoms with Gasteiger partial charge in [0.1, 0.15) is 0 Å². The molecule has 1 unspecified atom stereocenters. The largest absolute Gasteiger partial charge is 0.308 e. The quantitative estimate of drug-likeness (QED) is 0.765. The van der Waals surface area contributed by atoms with Crippen molar-refractivity contribution < 1.29 is 4.79 Å². The molecule has 0 radical (unpaired) electrons. The third-order valence-corrected chi connectivity index (χ3v) is 3.49. The molecule has 0 aliphatic carbocycles. The van der Waals surface area contributed by atoms with Gasteiger partial charge in [-0.25, -0.2) is 0 Å². The van der Waals surface area contributed by atoms with E-state index < -0.39 is 0 Å². The Balaban J connectivity index is 2.28. The monoisotopic (exact) mass is 287 g/mol. The van der Waals surface area contributed by atoms with Crippen LogP contribution in [0.1, 0.15) is 12.8 Å². The molecule has 2 rings (SSSR count). The second kappa shape index (κ2) is 4.54. The predicted octanol–water partition coefficient (Wildman–Crippen LogP) is 3.18. The van der Waals surface area contributed by atoms with E-state index in [4.69, 9.17) is 11.6 Å². The molecule has 1 aliphatic heterocycles. The minimum Gasteiger partial charge on any atom is -0.308 e. The van der Waals surface area contributed by atoms with Crippen molar-refractivity contribution in [2.24, 2.45) is 0 Å². The molecule has 80 valence electrons. The van der Waals surface area contributed by atoms with Crippen LogP contribution in [-0.2, 0) is 4.79 Å². The highest BCUT2D eigenvalue weighted by Gasteiger charge is 2.31. The summed E-state index contributed by atoms with van der Waals surface area (Å²) in [5, 5.41) is 0. The number of hydrogen-bond acceptors (Lipinski definition) is 1. The molecular formula is C11H11BrClNO. The number of amides is 1. The highest BCUT2D eigenvalue weighted by atomic mass is 79.9. The molecule has 1 aliphatic rings. The maximum atomic E-state index is 11.7. The Morgan fingerprint density at radius 1 is 1.40 bits per heavy atom. The minimum absolute atomic E-state index is 0.153. The Labute approximate surface area is 102 Å². The number of carbonyl (C=O) groups excluding carboxylic acids is 1. The number of anilines is 1. The number of alkyl halides is 1. The summed E-state index contributed by atoms with van der Waals surface area (Å²) in [7, 11) is 0. The lowest BCUT2D eigenvalue weighted by Crippen LogP contribution is -2.33. The van der Waals surface area contributed by atoms with Crippen LogP contribution in [0.3, 0.4) is 0 Å². The van der Waals surface area contributed by atoms with Crippen LogP contribution in [0.15, 0.2) is 28.7 Å². The normalized spacial score (nSPS) is 21.1. The third kappa shape index (κ3) is 2.18. The highest BCUT2D eigenvalue weighted by Crippen LogP contribution is 2.28. The average Bonchev–Trinajstić information content (AvgIpc) is 2.61. The first-order valence-corrected chi connectivity index (χ1v) is 6.18. The molecule has 2 nitrogen and oxygen atoms in total. The second-order valence-corrected chi connectivity index (χ2v) is 4.81. The van der Waals surface area contributed by atoms with Gasteiger partial charge in [-0.2, -0.15) is 0 Å². The van der Waals surface area contributed by atoms with E-state index in [2.05, 4.69) is 15.9 Å². The van der Waals surface area contributed by atoms with E-state index in [1.165, 1.54) is 0 Å². The van der Waals surface area contributed by atoms with E-state index in [0.717, 1.165) is 16.6 Å². The van der Waals surface area contributed by atoms with Gasteiger partial charge in [0.05, 0.1) is 6.04 Å². The van der Waals surface area contributed by atoms with Crippen LogP contribution in [0.5, 0.6) is 0 Å². The summed E-state index contributed by atoms with van der Waals surface area (Å²) < 4.78 is 1.01. The van der Waals surface area contributed by atoms with Crippen molar-refractivity contribution in [2.75, 3.05) is 10.8 Å². The Morgan fingerprint density at radius 3 is 2.67 bits per heavy atom. The van der Waals surface area contributed by atoms with E-state index in [1.807, 2.05) is 24.3 Å². The SMILES string of the molecule is O=C1CCC(CCl)N1c1ccc(Br)cc1. The van der Waals surface area contributed by atoms with Gasteiger partial charge in [0.25, 0.3) is 0 Å². The number of nitrogens with zero attached hydrogens (tertiary/aromatic N) is 1. The van der Waals surface area contributed by atoms with Crippen LogP contribution in [0.2, 0.25) is 0 Å². The van der Waals surface area contributed by atoms with Crippen LogP contribution >= 0.6 is 27.5 Å². The molecule has 15 heavy (non-hydrogen) atoms. The van der Waals surface area contributed by atoms with Crippen molar-refractivity contribution in [3.8, 4) is 0 Å². The van der Waals surface area contributed by atoms with Gasteiger partial charge in [-0.1, -0.05) is 15.9 Å². The van der Waals surface area contributed by atoms with Gasteiger partial charge in [-0.3, -0.25) is 4.79 Å². The zero-order valence-electron chi connectivity index (χ0n) is 8.12. The molecule has 0 N–H and O–H groups in total. The van der Waals surface area contributed by atoms with Gasteiger partial charge in [0.2, 0.25) is 5.91 Å². The van der Waals surface area contributed by atoms with Crippen molar-refractivity contribution >= 4 is 39.1 Å². The van der Waals surface area contributed by atoms with Crippen LogP contribution in [0, 0.1) is 0 Å². The summed E-state index contributed by atoms with van der Waals surface area (Å²) in [6.45, 7) is 0. The van der Waals surface area contributed by atoms with Gasteiger partial charge in [0.15, 0.2) is 0 Å². The average molecular weight is 289 g/mol. The fraction of sp³-hybridized carbons (Fsp3) is 0.364. The fourth-order valence-corrected chi connectivity index (χ4v) is 2.40. The fourth-order valence-electron chi connectivity index (χ4n) is 1.85. The molecule has 1 fully saturated rings. The molecule has 0 spiro atoms. The van der Waals surface area contributed by atoms with Crippen LogP contribution < -0.4 is 4.90 Å². The molecule has 0 aromatic heterocycles. The van der Waals surface area contributed by atoms with Gasteiger partial charge < -0.3 is 4.90 Å². The third-order valence-electron chi connectivity index (χ3n) is 2.61. The number of rotatable bonds is 2. The van der Waals surface area contributed by atoms with Crippen molar-refractivity contribution in [3.05, 3.63) is 28.7 Å². The molecule has 1 saturated heterocycles. The summed E-state index contributed by atoms with van der Waals surface area (Å²) in [6.07, 6.45) is 1.46. The van der Waals surface area contributed by atoms with E-state index >= 15 is 0 Å². The van der Waals surface area contributed by atoms with E-state index in [-0.39, 0.29) is 11.9 Å². The number of hydrogen-bond donors (Lipinski definition) is 0. The number of halogens is 2. The van der Waals surface area contributed by atoms with E-state index in [0.29, 0.717) is 12.3 Å². The first-order chi connectivity index (χ1) is 7.22. The summed E-state index contributed by atoms with van der Waals surface area (Å²) in [4.78, 5) is 13.5. The topological polar surface area (TPSA) is 20.3 Å². The summed E-state index contributed by atoms with van der Waals surface area (Å²) in [5.41, 5.74) is 0.936. The van der Waals surface area contributed by atoms with Crippen LogP contribution in [0.25, 0.3) is 0 Å². The Kier molecular flexibility index (Phi) is 3.32. The maximum absolute atomic E-state index is 11.7. The molecule has 1 atom stereocenters. The van der Waals surface area contributed by atoms with Gasteiger partial charge in [-0.15, -0.1) is 11.6 Å². The smallest absolute Gasteiger partial charge is 0.227 e. The molecule has 1 heterocycles. The zero-order valence-corrected chi connectivity index (χ0v) is 10.5. The molecule has 0 bridgehead atoms. The van der Waals surface area contributed by atoms with E-state index in [9.17, 15) is 4.79 Å². The minimum atomic E-state index is 0.153. The molecule has 4 heteroatoms. The van der Waals surface area contributed by atoms with Crippen LogP contribution in [0.4, 0.5) is 5.69 Å². The summed E-state index contributed by atoms with van der Waals surface area (Å²) in [6, 6.07) is 7.90. The zero-order chi connectivity index (χ0) is 10.8. The standard InChI is InChI=1S/C11H11BrClNO/c12-8-1-3-9(4-2-8)14-10(7-13)5-6-11(14)15/h1-4,10H,5-7H2. The maximum Gasteiger partial charge on any atom is 0.227 e. The first-order valence-electron chi connectivity index (χ1n) is 4.86. The lowest BCUT2D eigenvalue weighted by Gasteiger charge is -2.23. The Morgan fingerprint density at radius 2 is 2.07 bits per heavy atom. The molecular weight excluding hydrogens is 277 g/mol. The highest BCUT2D eigenvalue weighted by molar-refractivity contribution is 9.10. The molecule has 1 aromatic carbocycles. The summed E-state index contributed by atoms with van der Waals surface area (Å²) >= 11 is 9.22. The van der Waals surface area contributed by atoms with Crippen molar-refractivity contribution in [1.82, 2.24) is 0 Å². The van der Waals surface area contributed by atoms with Gasteiger partial charge >= 0.3 is 0 Å². The number of carbonyl (C=O) groups is 1. The Bertz CT molecular complexity index is 365. The summed E-state index contributed by atoms with van der Waals surface area (Å²) in [5.74, 6) is 0.671.